The Morgan fingerprint density at radius 3 is 1.62 bits per heavy atom. The number of ether oxygens (including phenoxy) is 1. The van der Waals surface area contributed by atoms with E-state index in [2.05, 4.69) is 29.5 Å². The highest BCUT2D eigenvalue weighted by Gasteiger charge is 2.01. The number of carbonyl (C=O) groups is 1. The van der Waals surface area contributed by atoms with Crippen molar-refractivity contribution in [1.82, 2.24) is 0 Å². The van der Waals surface area contributed by atoms with Crippen molar-refractivity contribution in [2.24, 2.45) is 0 Å². The molecule has 0 fully saturated rings. The average molecular weight is 410 g/mol. The first-order chi connectivity index (χ1) is 10.3. The Morgan fingerprint density at radius 1 is 0.762 bits per heavy atom. The highest BCUT2D eigenvalue weighted by Crippen LogP contribution is 2.13. The minimum Gasteiger partial charge on any atom is -0.465 e. The van der Waals surface area contributed by atoms with Crippen molar-refractivity contribution in [2.75, 3.05) is 11.0 Å². The van der Waals surface area contributed by atoms with Gasteiger partial charge in [0.25, 0.3) is 0 Å². The van der Waals surface area contributed by atoms with Gasteiger partial charge < -0.3 is 4.74 Å². The second kappa shape index (κ2) is 18.2. The van der Waals surface area contributed by atoms with Crippen LogP contribution in [-0.2, 0) is 9.53 Å². The summed E-state index contributed by atoms with van der Waals surface area (Å²) in [5.41, 5.74) is 0. The fraction of sp³-hybridized carbons (Fsp3) is 0.944. The summed E-state index contributed by atoms with van der Waals surface area (Å²) < 4.78 is 5.94. The van der Waals surface area contributed by atoms with Crippen molar-refractivity contribution in [1.29, 1.82) is 0 Å². The van der Waals surface area contributed by atoms with Gasteiger partial charge in [0.05, 0.1) is 0 Å². The molecule has 0 aliphatic heterocycles. The topological polar surface area (TPSA) is 26.3 Å². The van der Waals surface area contributed by atoms with E-state index in [0.29, 0.717) is 13.0 Å². The predicted octanol–water partition coefficient (Wildman–Crippen LogP) is 6.45. The minimum absolute atomic E-state index is 0.0188. The summed E-state index contributed by atoms with van der Waals surface area (Å²) in [6.07, 6.45) is 18.0. The van der Waals surface area contributed by atoms with Crippen molar-refractivity contribution in [3.05, 3.63) is 0 Å². The smallest absolute Gasteiger partial charge is 0.305 e. The molecular formula is C18H35IO2. The lowest BCUT2D eigenvalue weighted by Gasteiger charge is -2.04. The lowest BCUT2D eigenvalue weighted by Crippen LogP contribution is -2.05. The van der Waals surface area contributed by atoms with Crippen LogP contribution < -0.4 is 0 Å². The molecule has 0 rings (SSSR count). The van der Waals surface area contributed by atoms with Gasteiger partial charge in [0, 0.05) is 10.8 Å². The van der Waals surface area contributed by atoms with Gasteiger partial charge >= 0.3 is 5.97 Å². The van der Waals surface area contributed by atoms with Gasteiger partial charge in [-0.15, -0.1) is 0 Å². The zero-order valence-corrected chi connectivity index (χ0v) is 16.2. The zero-order valence-electron chi connectivity index (χ0n) is 14.0. The summed E-state index contributed by atoms with van der Waals surface area (Å²) in [6.45, 7) is 2.84. The van der Waals surface area contributed by atoms with E-state index in [4.69, 9.17) is 4.74 Å². The molecule has 2 nitrogen and oxygen atoms in total. The number of hydrogen-bond donors (Lipinski definition) is 0. The van der Waals surface area contributed by atoms with Gasteiger partial charge in [-0.25, -0.2) is 0 Å². The SMILES string of the molecule is CCCCCCCCCCCCCCCC(=O)OCCI. The van der Waals surface area contributed by atoms with Gasteiger partial charge in [-0.05, 0) is 6.42 Å². The van der Waals surface area contributed by atoms with E-state index in [-0.39, 0.29) is 5.97 Å². The Hall–Kier alpha value is 0.200. The number of unbranched alkanes of at least 4 members (excludes halogenated alkanes) is 12. The van der Waals surface area contributed by atoms with Crippen LogP contribution in [0, 0.1) is 0 Å². The number of esters is 1. The van der Waals surface area contributed by atoms with E-state index in [0.717, 1.165) is 10.8 Å². The van der Waals surface area contributed by atoms with Gasteiger partial charge in [-0.1, -0.05) is 107 Å². The van der Waals surface area contributed by atoms with Crippen molar-refractivity contribution >= 4 is 28.6 Å². The first-order valence-electron chi connectivity index (χ1n) is 9.02. The van der Waals surface area contributed by atoms with Crippen LogP contribution >= 0.6 is 22.6 Å². The Balaban J connectivity index is 3.04. The predicted molar refractivity (Wildman–Crippen MR) is 100 cm³/mol. The molecule has 0 aromatic carbocycles. The third kappa shape index (κ3) is 18.2. The van der Waals surface area contributed by atoms with Crippen LogP contribution in [0.4, 0.5) is 0 Å². The number of hydrogen-bond acceptors (Lipinski definition) is 2. The first-order valence-corrected chi connectivity index (χ1v) is 10.6. The van der Waals surface area contributed by atoms with E-state index in [1.165, 1.54) is 77.0 Å². The fourth-order valence-electron chi connectivity index (χ4n) is 2.51. The average Bonchev–Trinajstić information content (AvgIpc) is 2.49. The van der Waals surface area contributed by atoms with E-state index < -0.39 is 0 Å². The van der Waals surface area contributed by atoms with Crippen LogP contribution in [0.15, 0.2) is 0 Å². The maximum absolute atomic E-state index is 11.3. The molecule has 0 spiro atoms. The molecular weight excluding hydrogens is 375 g/mol. The molecule has 0 saturated carbocycles. The summed E-state index contributed by atoms with van der Waals surface area (Å²) in [5.74, 6) is -0.0188. The first kappa shape index (κ1) is 21.2. The fourth-order valence-corrected chi connectivity index (χ4v) is 2.73. The maximum atomic E-state index is 11.3. The molecule has 0 atom stereocenters. The summed E-state index contributed by atoms with van der Waals surface area (Å²) in [5, 5.41) is 0. The highest BCUT2D eigenvalue weighted by molar-refractivity contribution is 14.1. The Kier molecular flexibility index (Phi) is 18.4. The van der Waals surface area contributed by atoms with Gasteiger partial charge in [-0.2, -0.15) is 0 Å². The van der Waals surface area contributed by atoms with Gasteiger partial charge in [0.15, 0.2) is 0 Å². The highest BCUT2D eigenvalue weighted by atomic mass is 127. The number of halogens is 1. The number of rotatable bonds is 16. The summed E-state index contributed by atoms with van der Waals surface area (Å²) >= 11 is 2.22. The number of carbonyl (C=O) groups excluding carboxylic acids is 1. The lowest BCUT2D eigenvalue weighted by molar-refractivity contribution is -0.143. The van der Waals surface area contributed by atoms with Gasteiger partial charge in [0.1, 0.15) is 6.61 Å². The third-order valence-electron chi connectivity index (χ3n) is 3.82. The lowest BCUT2D eigenvalue weighted by atomic mass is 10.0. The molecule has 0 aliphatic carbocycles. The minimum atomic E-state index is -0.0188. The van der Waals surface area contributed by atoms with Crippen molar-refractivity contribution in [2.45, 2.75) is 96.8 Å². The van der Waals surface area contributed by atoms with Gasteiger partial charge in [0.2, 0.25) is 0 Å². The van der Waals surface area contributed by atoms with Crippen molar-refractivity contribution in [3.63, 3.8) is 0 Å². The quantitative estimate of drug-likeness (QED) is 0.127. The monoisotopic (exact) mass is 410 g/mol. The van der Waals surface area contributed by atoms with Crippen LogP contribution in [0.3, 0.4) is 0 Å². The molecule has 21 heavy (non-hydrogen) atoms. The molecule has 0 N–H and O–H groups in total. The molecule has 0 aliphatic rings. The van der Waals surface area contributed by atoms with Crippen LogP contribution in [0.25, 0.3) is 0 Å². The van der Waals surface area contributed by atoms with Crippen LogP contribution in [0.1, 0.15) is 96.8 Å². The van der Waals surface area contributed by atoms with E-state index in [1.807, 2.05) is 0 Å². The molecule has 3 heteroatoms. The Bertz CT molecular complexity index is 219. The second-order valence-electron chi connectivity index (χ2n) is 5.90. The molecule has 0 saturated heterocycles. The summed E-state index contributed by atoms with van der Waals surface area (Å²) in [7, 11) is 0. The largest absolute Gasteiger partial charge is 0.465 e. The summed E-state index contributed by atoms with van der Waals surface area (Å²) in [6, 6.07) is 0. The molecule has 126 valence electrons. The number of alkyl halides is 1. The third-order valence-corrected chi connectivity index (χ3v) is 4.27. The second-order valence-corrected chi connectivity index (χ2v) is 6.98. The molecule has 0 aromatic rings. The zero-order chi connectivity index (χ0) is 15.6. The molecule has 0 heterocycles. The van der Waals surface area contributed by atoms with Crippen molar-refractivity contribution < 1.29 is 9.53 Å². The molecule has 0 aromatic heterocycles. The van der Waals surface area contributed by atoms with Crippen LogP contribution in [0.5, 0.6) is 0 Å². The molecule has 0 unspecified atom stereocenters. The standard InChI is InChI=1S/C18H35IO2/c1-2-3-4-5-6-7-8-9-10-11-12-13-14-15-18(20)21-17-16-19/h2-17H2,1H3. The van der Waals surface area contributed by atoms with E-state index >= 15 is 0 Å². The van der Waals surface area contributed by atoms with E-state index in [1.54, 1.807) is 0 Å². The molecule has 0 bridgehead atoms. The molecule has 0 radical (unpaired) electrons. The maximum Gasteiger partial charge on any atom is 0.305 e. The van der Waals surface area contributed by atoms with Crippen molar-refractivity contribution in [3.8, 4) is 0 Å². The van der Waals surface area contributed by atoms with Crippen LogP contribution in [0.2, 0.25) is 0 Å². The Morgan fingerprint density at radius 2 is 1.19 bits per heavy atom. The Labute approximate surface area is 145 Å². The van der Waals surface area contributed by atoms with E-state index in [9.17, 15) is 4.79 Å². The van der Waals surface area contributed by atoms with Gasteiger partial charge in [-0.3, -0.25) is 4.79 Å². The molecule has 0 amide bonds. The van der Waals surface area contributed by atoms with Crippen LogP contribution in [-0.4, -0.2) is 17.0 Å². The summed E-state index contributed by atoms with van der Waals surface area (Å²) in [4.78, 5) is 11.3. The normalized spacial score (nSPS) is 10.8.